The fourth-order valence-corrected chi connectivity index (χ4v) is 3.85. The van der Waals surface area contributed by atoms with Gasteiger partial charge in [-0.25, -0.2) is 4.98 Å². The lowest BCUT2D eigenvalue weighted by Crippen LogP contribution is -2.47. The number of imidazole rings is 1. The molecule has 0 bridgehead atoms. The van der Waals surface area contributed by atoms with E-state index in [1.807, 2.05) is 48.0 Å². The van der Waals surface area contributed by atoms with Crippen molar-refractivity contribution in [1.29, 1.82) is 5.26 Å². The molecule has 1 saturated heterocycles. The average Bonchev–Trinajstić information content (AvgIpc) is 3.22. The molecule has 0 N–H and O–H groups in total. The van der Waals surface area contributed by atoms with Crippen LogP contribution in [0.1, 0.15) is 11.4 Å². The van der Waals surface area contributed by atoms with Gasteiger partial charge in [0.2, 0.25) is 5.95 Å². The fraction of sp³-hybridized carbons (Fsp3) is 0.412. The van der Waals surface area contributed by atoms with Crippen LogP contribution in [-0.4, -0.2) is 59.6 Å². The van der Waals surface area contributed by atoms with Crippen LogP contribution in [0.3, 0.4) is 0 Å². The first kappa shape index (κ1) is 16.6. The molecule has 3 aromatic heterocycles. The summed E-state index contributed by atoms with van der Waals surface area (Å²) < 4.78 is 1.86. The second kappa shape index (κ2) is 6.46. The minimum absolute atomic E-state index is 0.613. The van der Waals surface area contributed by atoms with Crippen LogP contribution in [0.5, 0.6) is 0 Å². The third kappa shape index (κ3) is 2.82. The molecule has 0 atom stereocenters. The normalized spacial score (nSPS) is 14.7. The molecule has 3 aromatic rings. The number of rotatable bonds is 3. The summed E-state index contributed by atoms with van der Waals surface area (Å²) in [5, 5.41) is 11.5. The minimum Gasteiger partial charge on any atom is -0.353 e. The first-order valence-corrected chi connectivity index (χ1v) is 9.33. The van der Waals surface area contributed by atoms with Gasteiger partial charge in [-0.2, -0.15) is 15.2 Å². The summed E-state index contributed by atoms with van der Waals surface area (Å²) in [4.78, 5) is 21.0. The first-order valence-electron chi connectivity index (χ1n) is 8.45. The van der Waals surface area contributed by atoms with Gasteiger partial charge in [-0.1, -0.05) is 0 Å². The number of nitrogens with zero attached hydrogens (tertiary/aromatic N) is 8. The Morgan fingerprint density at radius 3 is 2.54 bits per heavy atom. The van der Waals surface area contributed by atoms with Gasteiger partial charge in [-0.15, -0.1) is 11.3 Å². The number of piperazine rings is 1. The van der Waals surface area contributed by atoms with Gasteiger partial charge in [-0.3, -0.25) is 4.40 Å². The zero-order valence-corrected chi connectivity index (χ0v) is 15.9. The molecule has 0 spiro atoms. The van der Waals surface area contributed by atoms with E-state index in [1.54, 1.807) is 11.3 Å². The van der Waals surface area contributed by atoms with E-state index in [4.69, 9.17) is 0 Å². The Labute approximate surface area is 155 Å². The fourth-order valence-electron chi connectivity index (χ4n) is 3.14. The Balaban J connectivity index is 1.54. The topological polar surface area (TPSA) is 76.6 Å². The molecule has 1 fully saturated rings. The Hall–Kier alpha value is -2.86. The van der Waals surface area contributed by atoms with Crippen molar-refractivity contribution in [2.45, 2.75) is 6.92 Å². The highest BCUT2D eigenvalue weighted by Crippen LogP contribution is 2.26. The Bertz CT molecular complexity index is 974. The molecule has 9 heteroatoms. The molecule has 0 unspecified atom stereocenters. The molecular weight excluding hydrogens is 348 g/mol. The number of anilines is 3. The van der Waals surface area contributed by atoms with Crippen LogP contribution < -0.4 is 14.7 Å². The highest BCUT2D eigenvalue weighted by Gasteiger charge is 2.24. The third-order valence-electron chi connectivity index (χ3n) is 4.48. The number of hydrogen-bond acceptors (Lipinski definition) is 8. The smallest absolute Gasteiger partial charge is 0.226 e. The van der Waals surface area contributed by atoms with Crippen LogP contribution in [0, 0.1) is 18.3 Å². The van der Waals surface area contributed by atoms with Gasteiger partial charge in [0.15, 0.2) is 16.5 Å². The largest absolute Gasteiger partial charge is 0.353 e. The Kier molecular flexibility index (Phi) is 4.12. The standard InChI is InChI=1S/C17H20N8S/c1-12-10-14(20-16(19-12)22(2)3)23-4-6-24(7-5-23)15-13(11-18)25-8-9-26-17(25)21-15/h8-10H,4-7H2,1-3H3. The monoisotopic (exact) mass is 368 g/mol. The van der Waals surface area contributed by atoms with E-state index in [0.29, 0.717) is 5.69 Å². The molecule has 8 nitrogen and oxygen atoms in total. The lowest BCUT2D eigenvalue weighted by Gasteiger charge is -2.36. The molecule has 0 aromatic carbocycles. The summed E-state index contributed by atoms with van der Waals surface area (Å²) in [5.41, 5.74) is 1.57. The van der Waals surface area contributed by atoms with Crippen LogP contribution in [0.2, 0.25) is 0 Å². The van der Waals surface area contributed by atoms with Crippen molar-refractivity contribution in [2.24, 2.45) is 0 Å². The van der Waals surface area contributed by atoms with E-state index in [2.05, 4.69) is 30.8 Å². The van der Waals surface area contributed by atoms with Crippen LogP contribution in [0.25, 0.3) is 4.96 Å². The molecule has 26 heavy (non-hydrogen) atoms. The molecule has 0 amide bonds. The molecule has 0 saturated carbocycles. The number of fused-ring (bicyclic) bond motifs is 1. The maximum absolute atomic E-state index is 9.53. The predicted molar refractivity (Wildman–Crippen MR) is 103 cm³/mol. The van der Waals surface area contributed by atoms with Gasteiger partial charge in [-0.05, 0) is 6.92 Å². The molecule has 134 valence electrons. The molecule has 4 heterocycles. The SMILES string of the molecule is Cc1cc(N2CCN(c3nc4sccn4c3C#N)CC2)nc(N(C)C)n1. The summed E-state index contributed by atoms with van der Waals surface area (Å²) in [7, 11) is 3.90. The Morgan fingerprint density at radius 2 is 1.85 bits per heavy atom. The maximum Gasteiger partial charge on any atom is 0.226 e. The van der Waals surface area contributed by atoms with Crippen molar-refractivity contribution in [1.82, 2.24) is 19.4 Å². The second-order valence-electron chi connectivity index (χ2n) is 6.49. The van der Waals surface area contributed by atoms with E-state index in [9.17, 15) is 5.26 Å². The number of aromatic nitrogens is 4. The van der Waals surface area contributed by atoms with Crippen molar-refractivity contribution in [2.75, 3.05) is 55.0 Å². The highest BCUT2D eigenvalue weighted by molar-refractivity contribution is 7.15. The minimum atomic E-state index is 0.613. The molecule has 0 radical (unpaired) electrons. The summed E-state index contributed by atoms with van der Waals surface area (Å²) in [6, 6.07) is 4.32. The number of thiazole rings is 1. The van der Waals surface area contributed by atoms with E-state index in [0.717, 1.165) is 54.4 Å². The van der Waals surface area contributed by atoms with Gasteiger partial charge in [0, 0.05) is 63.6 Å². The summed E-state index contributed by atoms with van der Waals surface area (Å²) in [6.45, 7) is 5.27. The molecule has 4 rings (SSSR count). The van der Waals surface area contributed by atoms with Crippen molar-refractivity contribution in [3.8, 4) is 6.07 Å². The number of nitriles is 1. The lowest BCUT2D eigenvalue weighted by atomic mass is 10.3. The van der Waals surface area contributed by atoms with Gasteiger partial charge < -0.3 is 14.7 Å². The van der Waals surface area contributed by atoms with E-state index in [1.165, 1.54) is 0 Å². The average molecular weight is 368 g/mol. The van der Waals surface area contributed by atoms with E-state index >= 15 is 0 Å². The Morgan fingerprint density at radius 1 is 1.12 bits per heavy atom. The van der Waals surface area contributed by atoms with Crippen molar-refractivity contribution >= 4 is 33.9 Å². The van der Waals surface area contributed by atoms with Crippen LogP contribution >= 0.6 is 11.3 Å². The van der Waals surface area contributed by atoms with Crippen molar-refractivity contribution in [3.05, 3.63) is 29.0 Å². The third-order valence-corrected chi connectivity index (χ3v) is 5.24. The maximum atomic E-state index is 9.53. The van der Waals surface area contributed by atoms with Gasteiger partial charge in [0.25, 0.3) is 0 Å². The molecule has 1 aliphatic rings. The molecular formula is C17H20N8S. The van der Waals surface area contributed by atoms with Gasteiger partial charge >= 0.3 is 0 Å². The van der Waals surface area contributed by atoms with Crippen molar-refractivity contribution in [3.63, 3.8) is 0 Å². The van der Waals surface area contributed by atoms with E-state index < -0.39 is 0 Å². The predicted octanol–water partition coefficient (Wildman–Crippen LogP) is 1.76. The van der Waals surface area contributed by atoms with Crippen LogP contribution in [-0.2, 0) is 0 Å². The summed E-state index contributed by atoms with van der Waals surface area (Å²) >= 11 is 1.55. The zero-order chi connectivity index (χ0) is 18.3. The molecule has 1 aliphatic heterocycles. The number of hydrogen-bond donors (Lipinski definition) is 0. The van der Waals surface area contributed by atoms with E-state index in [-0.39, 0.29) is 0 Å². The van der Waals surface area contributed by atoms with Crippen LogP contribution in [0.15, 0.2) is 17.6 Å². The van der Waals surface area contributed by atoms with Crippen LogP contribution in [0.4, 0.5) is 17.6 Å². The van der Waals surface area contributed by atoms with Crippen molar-refractivity contribution < 1.29 is 0 Å². The summed E-state index contributed by atoms with van der Waals surface area (Å²) in [6.07, 6.45) is 1.90. The summed E-state index contributed by atoms with van der Waals surface area (Å²) in [5.74, 6) is 2.46. The molecule has 0 aliphatic carbocycles. The zero-order valence-electron chi connectivity index (χ0n) is 15.0. The van der Waals surface area contributed by atoms with Gasteiger partial charge in [0.05, 0.1) is 0 Å². The second-order valence-corrected chi connectivity index (χ2v) is 7.36. The number of aryl methyl sites for hydroxylation is 1. The quantitative estimate of drug-likeness (QED) is 0.697. The highest BCUT2D eigenvalue weighted by atomic mass is 32.1. The lowest BCUT2D eigenvalue weighted by molar-refractivity contribution is 0.641. The van der Waals surface area contributed by atoms with Gasteiger partial charge in [0.1, 0.15) is 11.9 Å². The first-order chi connectivity index (χ1) is 12.6.